The number of carbonyl (C=O) groups is 2. The molecule has 0 aliphatic carbocycles. The Morgan fingerprint density at radius 1 is 0.963 bits per heavy atom. The number of hydrogen-bond donors (Lipinski definition) is 0. The summed E-state index contributed by atoms with van der Waals surface area (Å²) < 4.78 is 5.34. The number of carbonyl (C=O) groups excluding carboxylic acids is 2. The van der Waals surface area contributed by atoms with Crippen molar-refractivity contribution in [2.75, 3.05) is 33.3 Å². The zero-order valence-corrected chi connectivity index (χ0v) is 15.6. The SMILES string of the molecule is COc1ccccc1CCC(=O)N1CCN(C(=O)Cc2ccccn2)CC1. The molecule has 1 fully saturated rings. The van der Waals surface area contributed by atoms with Crippen LogP contribution >= 0.6 is 0 Å². The molecular formula is C21H25N3O3. The number of aryl methyl sites for hydroxylation is 1. The van der Waals surface area contributed by atoms with Gasteiger partial charge >= 0.3 is 0 Å². The molecule has 27 heavy (non-hydrogen) atoms. The van der Waals surface area contributed by atoms with Crippen molar-refractivity contribution in [3.8, 4) is 5.75 Å². The standard InChI is InChI=1S/C21H25N3O3/c1-27-19-8-3-2-6-17(19)9-10-20(25)23-12-14-24(15-13-23)21(26)16-18-7-4-5-11-22-18/h2-8,11H,9-10,12-16H2,1H3. The van der Waals surface area contributed by atoms with E-state index in [1.165, 1.54) is 0 Å². The first-order chi connectivity index (χ1) is 13.2. The number of pyridine rings is 1. The maximum atomic E-state index is 12.5. The van der Waals surface area contributed by atoms with E-state index in [1.807, 2.05) is 52.3 Å². The van der Waals surface area contributed by atoms with Crippen LogP contribution in [0.1, 0.15) is 17.7 Å². The van der Waals surface area contributed by atoms with Crippen molar-refractivity contribution < 1.29 is 14.3 Å². The lowest BCUT2D eigenvalue weighted by molar-refractivity contribution is -0.139. The first-order valence-electron chi connectivity index (χ1n) is 9.24. The highest BCUT2D eigenvalue weighted by molar-refractivity contribution is 5.80. The number of hydrogen-bond acceptors (Lipinski definition) is 4. The molecule has 0 N–H and O–H groups in total. The number of ether oxygens (including phenoxy) is 1. The third-order valence-electron chi connectivity index (χ3n) is 4.84. The molecule has 1 aromatic carbocycles. The number of amides is 2. The van der Waals surface area contributed by atoms with Gasteiger partial charge in [0.1, 0.15) is 5.75 Å². The summed E-state index contributed by atoms with van der Waals surface area (Å²) in [5.41, 5.74) is 1.82. The van der Waals surface area contributed by atoms with Crippen LogP contribution in [-0.4, -0.2) is 59.9 Å². The first kappa shape index (κ1) is 18.9. The van der Waals surface area contributed by atoms with E-state index in [2.05, 4.69) is 4.98 Å². The molecule has 6 nitrogen and oxygen atoms in total. The van der Waals surface area contributed by atoms with Crippen molar-refractivity contribution in [1.82, 2.24) is 14.8 Å². The Morgan fingerprint density at radius 3 is 2.30 bits per heavy atom. The van der Waals surface area contributed by atoms with Gasteiger partial charge in [-0.3, -0.25) is 14.6 Å². The Kier molecular flexibility index (Phi) is 6.41. The van der Waals surface area contributed by atoms with Gasteiger partial charge in [-0.05, 0) is 30.2 Å². The second kappa shape index (κ2) is 9.16. The molecular weight excluding hydrogens is 342 g/mol. The van der Waals surface area contributed by atoms with Gasteiger partial charge in [0.15, 0.2) is 0 Å². The summed E-state index contributed by atoms with van der Waals surface area (Å²) in [7, 11) is 1.64. The van der Waals surface area contributed by atoms with Crippen LogP contribution in [0.25, 0.3) is 0 Å². The molecule has 6 heteroatoms. The second-order valence-corrected chi connectivity index (χ2v) is 6.57. The molecule has 0 atom stereocenters. The minimum atomic E-state index is 0.0646. The van der Waals surface area contributed by atoms with Crippen LogP contribution in [0.4, 0.5) is 0 Å². The van der Waals surface area contributed by atoms with Crippen LogP contribution < -0.4 is 4.74 Å². The lowest BCUT2D eigenvalue weighted by Gasteiger charge is -2.35. The molecule has 1 saturated heterocycles. The molecule has 0 radical (unpaired) electrons. The van der Waals surface area contributed by atoms with Gasteiger partial charge in [0.25, 0.3) is 0 Å². The highest BCUT2D eigenvalue weighted by Crippen LogP contribution is 2.19. The maximum absolute atomic E-state index is 12.5. The fourth-order valence-corrected chi connectivity index (χ4v) is 3.28. The van der Waals surface area contributed by atoms with E-state index >= 15 is 0 Å². The predicted octanol–water partition coefficient (Wildman–Crippen LogP) is 1.94. The fraction of sp³-hybridized carbons (Fsp3) is 0.381. The van der Waals surface area contributed by atoms with Gasteiger partial charge in [-0.1, -0.05) is 24.3 Å². The average Bonchev–Trinajstić information content (AvgIpc) is 2.73. The number of methoxy groups -OCH3 is 1. The van der Waals surface area contributed by atoms with Gasteiger partial charge in [-0.25, -0.2) is 0 Å². The minimum Gasteiger partial charge on any atom is -0.496 e. The summed E-state index contributed by atoms with van der Waals surface area (Å²) in [5, 5.41) is 0. The van der Waals surface area contributed by atoms with Crippen molar-refractivity contribution in [2.24, 2.45) is 0 Å². The Bertz CT molecular complexity index is 771. The van der Waals surface area contributed by atoms with Gasteiger partial charge in [0.2, 0.25) is 11.8 Å². The van der Waals surface area contributed by atoms with E-state index in [1.54, 1.807) is 13.3 Å². The van der Waals surface area contributed by atoms with Crippen LogP contribution in [0.2, 0.25) is 0 Å². The molecule has 0 bridgehead atoms. The zero-order valence-electron chi connectivity index (χ0n) is 15.6. The highest BCUT2D eigenvalue weighted by atomic mass is 16.5. The quantitative estimate of drug-likeness (QED) is 0.783. The monoisotopic (exact) mass is 367 g/mol. The average molecular weight is 367 g/mol. The van der Waals surface area contributed by atoms with E-state index in [4.69, 9.17) is 4.74 Å². The minimum absolute atomic E-state index is 0.0646. The first-order valence-corrected chi connectivity index (χ1v) is 9.24. The summed E-state index contributed by atoms with van der Waals surface area (Å²) in [5.74, 6) is 1.00. The molecule has 2 heterocycles. The van der Waals surface area contributed by atoms with Crippen molar-refractivity contribution in [3.05, 3.63) is 59.9 Å². The van der Waals surface area contributed by atoms with Crippen molar-refractivity contribution >= 4 is 11.8 Å². The summed E-state index contributed by atoms with van der Waals surface area (Å²) in [6, 6.07) is 13.3. The maximum Gasteiger partial charge on any atom is 0.228 e. The summed E-state index contributed by atoms with van der Waals surface area (Å²) in [4.78, 5) is 32.8. The number of benzene rings is 1. The summed E-state index contributed by atoms with van der Waals surface area (Å²) >= 11 is 0. The Hall–Kier alpha value is -2.89. The normalized spacial score (nSPS) is 14.1. The van der Waals surface area contributed by atoms with Gasteiger partial charge in [-0.2, -0.15) is 0 Å². The van der Waals surface area contributed by atoms with Gasteiger partial charge in [0.05, 0.1) is 13.5 Å². The highest BCUT2D eigenvalue weighted by Gasteiger charge is 2.24. The van der Waals surface area contributed by atoms with Crippen molar-refractivity contribution in [2.45, 2.75) is 19.3 Å². The van der Waals surface area contributed by atoms with Gasteiger partial charge < -0.3 is 14.5 Å². The largest absolute Gasteiger partial charge is 0.496 e. The molecule has 0 spiro atoms. The smallest absolute Gasteiger partial charge is 0.228 e. The van der Waals surface area contributed by atoms with Crippen LogP contribution in [0.15, 0.2) is 48.7 Å². The number of nitrogens with zero attached hydrogens (tertiary/aromatic N) is 3. The zero-order chi connectivity index (χ0) is 19.1. The van der Waals surface area contributed by atoms with Crippen LogP contribution in [-0.2, 0) is 22.4 Å². The van der Waals surface area contributed by atoms with Crippen molar-refractivity contribution in [3.63, 3.8) is 0 Å². The number of piperazine rings is 1. The lowest BCUT2D eigenvalue weighted by atomic mass is 10.1. The molecule has 3 rings (SSSR count). The Morgan fingerprint density at radius 2 is 1.63 bits per heavy atom. The molecule has 1 aliphatic heterocycles. The third-order valence-corrected chi connectivity index (χ3v) is 4.84. The van der Waals surface area contributed by atoms with E-state index in [0.717, 1.165) is 17.0 Å². The van der Waals surface area contributed by atoms with Crippen LogP contribution in [0.3, 0.4) is 0 Å². The van der Waals surface area contributed by atoms with E-state index < -0.39 is 0 Å². The lowest BCUT2D eigenvalue weighted by Crippen LogP contribution is -2.51. The van der Waals surface area contributed by atoms with E-state index in [0.29, 0.717) is 45.4 Å². The summed E-state index contributed by atoms with van der Waals surface area (Å²) in [6.07, 6.45) is 3.10. The van der Waals surface area contributed by atoms with Crippen LogP contribution in [0.5, 0.6) is 5.75 Å². The van der Waals surface area contributed by atoms with E-state index in [-0.39, 0.29) is 11.8 Å². The molecule has 1 aromatic heterocycles. The van der Waals surface area contributed by atoms with Crippen molar-refractivity contribution in [1.29, 1.82) is 0 Å². The van der Waals surface area contributed by atoms with Gasteiger partial charge in [0, 0.05) is 44.5 Å². The number of aromatic nitrogens is 1. The fourth-order valence-electron chi connectivity index (χ4n) is 3.28. The van der Waals surface area contributed by atoms with E-state index in [9.17, 15) is 9.59 Å². The Balaban J connectivity index is 1.45. The molecule has 2 amide bonds. The third kappa shape index (κ3) is 5.06. The summed E-state index contributed by atoms with van der Waals surface area (Å²) in [6.45, 7) is 2.32. The topological polar surface area (TPSA) is 62.7 Å². The molecule has 0 saturated carbocycles. The second-order valence-electron chi connectivity index (χ2n) is 6.57. The molecule has 1 aliphatic rings. The number of para-hydroxylation sites is 1. The predicted molar refractivity (Wildman–Crippen MR) is 102 cm³/mol. The molecule has 0 unspecified atom stereocenters. The van der Waals surface area contributed by atoms with Crippen LogP contribution in [0, 0.1) is 0 Å². The number of rotatable bonds is 6. The molecule has 2 aromatic rings. The Labute approximate surface area is 159 Å². The van der Waals surface area contributed by atoms with Gasteiger partial charge in [-0.15, -0.1) is 0 Å². The molecule has 142 valence electrons.